The molecule has 0 saturated heterocycles. The Labute approximate surface area is 191 Å². The van der Waals surface area contributed by atoms with E-state index in [1.54, 1.807) is 0 Å². The Morgan fingerprint density at radius 2 is 1.60 bits per heavy atom. The molecule has 0 spiro atoms. The summed E-state index contributed by atoms with van der Waals surface area (Å²) < 4.78 is 105. The zero-order chi connectivity index (χ0) is 25.4. The highest BCUT2D eigenvalue weighted by Crippen LogP contribution is 2.36. The molecule has 1 atom stereocenters. The van der Waals surface area contributed by atoms with Gasteiger partial charge in [-0.1, -0.05) is 0 Å². The molecule has 8 nitrogen and oxygen atoms in total. The predicted molar refractivity (Wildman–Crippen MR) is 105 cm³/mol. The third-order valence-electron chi connectivity index (χ3n) is 4.83. The third kappa shape index (κ3) is 6.05. The largest absolute Gasteiger partial charge is 0.434 e. The van der Waals surface area contributed by atoms with E-state index in [2.05, 4.69) is 40.5 Å². The second-order valence-corrected chi connectivity index (χ2v) is 7.59. The number of rotatable bonds is 5. The molecule has 0 radical (unpaired) electrons. The number of anilines is 3. The average Bonchev–Trinajstić information content (AvgIpc) is 3.10. The van der Waals surface area contributed by atoms with Crippen molar-refractivity contribution in [2.24, 2.45) is 0 Å². The first kappa shape index (κ1) is 24.4. The molecule has 0 unspecified atom stereocenters. The highest BCUT2D eigenvalue weighted by molar-refractivity contribution is 5.58. The van der Waals surface area contributed by atoms with Crippen LogP contribution >= 0.6 is 0 Å². The summed E-state index contributed by atoms with van der Waals surface area (Å²) in [5, 5.41) is 5.16. The smallest absolute Gasteiger partial charge is 0.351 e. The molecule has 1 aliphatic rings. The van der Waals surface area contributed by atoms with E-state index in [0.717, 1.165) is 12.4 Å². The summed E-state index contributed by atoms with van der Waals surface area (Å²) in [4.78, 5) is 22.0. The lowest BCUT2D eigenvalue weighted by atomic mass is 10.2. The van der Waals surface area contributed by atoms with Gasteiger partial charge in [-0.25, -0.2) is 13.8 Å². The Balaban J connectivity index is 1.71. The molecule has 0 bridgehead atoms. The summed E-state index contributed by atoms with van der Waals surface area (Å²) in [6.07, 6.45) is -8.10. The Hall–Kier alpha value is -3.72. The molecule has 3 aromatic rings. The first-order valence-electron chi connectivity index (χ1n) is 9.89. The second-order valence-electron chi connectivity index (χ2n) is 7.59. The van der Waals surface area contributed by atoms with Crippen LogP contribution in [0.2, 0.25) is 0 Å². The molecule has 4 rings (SSSR count). The summed E-state index contributed by atoms with van der Waals surface area (Å²) in [6.45, 7) is 0. The molecule has 1 fully saturated rings. The molecule has 16 heteroatoms. The Morgan fingerprint density at radius 3 is 2.26 bits per heavy atom. The van der Waals surface area contributed by atoms with Gasteiger partial charge in [0.25, 0.3) is 0 Å². The number of halogens is 8. The number of nitrogens with one attached hydrogen (secondary N) is 2. The minimum absolute atomic E-state index is 0.0689. The number of alkyl halides is 8. The van der Waals surface area contributed by atoms with Crippen molar-refractivity contribution in [1.29, 1.82) is 0 Å². The monoisotopic (exact) mass is 506 g/mol. The van der Waals surface area contributed by atoms with E-state index in [-0.39, 0.29) is 30.4 Å². The van der Waals surface area contributed by atoms with Gasteiger partial charge in [0.2, 0.25) is 17.8 Å². The zero-order valence-electron chi connectivity index (χ0n) is 17.3. The first-order valence-corrected chi connectivity index (χ1v) is 9.89. The Bertz CT molecular complexity index is 1210. The molecule has 3 aromatic heterocycles. The number of aromatic nitrogens is 6. The standard InChI is InChI=1S/C19H14F8N8/c20-17(21)3-1-10(6-17)31-16-34-14(11-7-28-8-13(32-11)19(25,26)27)33-15(35-16)30-9-2-4-29-12(5-9)18(22,23)24/h2,4-5,7-8,10H,1,3,6H2,(H2,29,30,31,33,34,35)/t10-/m1/s1. The van der Waals surface area contributed by atoms with Crippen LogP contribution in [0.4, 0.5) is 52.7 Å². The first-order chi connectivity index (χ1) is 16.3. The molecule has 0 aliphatic heterocycles. The van der Waals surface area contributed by atoms with E-state index in [9.17, 15) is 35.1 Å². The van der Waals surface area contributed by atoms with Gasteiger partial charge in [0, 0.05) is 30.8 Å². The van der Waals surface area contributed by atoms with Crippen LogP contribution in [0.25, 0.3) is 11.5 Å². The van der Waals surface area contributed by atoms with Gasteiger partial charge in [0.1, 0.15) is 11.4 Å². The van der Waals surface area contributed by atoms with Gasteiger partial charge < -0.3 is 10.6 Å². The maximum Gasteiger partial charge on any atom is 0.434 e. The van der Waals surface area contributed by atoms with E-state index in [4.69, 9.17) is 0 Å². The van der Waals surface area contributed by atoms with Crippen molar-refractivity contribution < 1.29 is 35.1 Å². The number of hydrogen-bond acceptors (Lipinski definition) is 8. The fraction of sp³-hybridized carbons (Fsp3) is 0.368. The quantitative estimate of drug-likeness (QED) is 0.461. The molecule has 2 N–H and O–H groups in total. The third-order valence-corrected chi connectivity index (χ3v) is 4.83. The van der Waals surface area contributed by atoms with E-state index >= 15 is 0 Å². The number of nitrogens with zero attached hydrogens (tertiary/aromatic N) is 6. The van der Waals surface area contributed by atoms with Gasteiger partial charge in [0.05, 0.1) is 12.4 Å². The molecular formula is C19H14F8N8. The molecule has 1 aliphatic carbocycles. The zero-order valence-corrected chi connectivity index (χ0v) is 17.3. The summed E-state index contributed by atoms with van der Waals surface area (Å²) in [5.41, 5.74) is -3.11. The lowest BCUT2D eigenvalue weighted by molar-refractivity contribution is -0.142. The van der Waals surface area contributed by atoms with Crippen LogP contribution in [0.1, 0.15) is 30.7 Å². The maximum atomic E-state index is 13.6. The van der Waals surface area contributed by atoms with Gasteiger partial charge in [-0.15, -0.1) is 0 Å². The number of hydrogen-bond donors (Lipinski definition) is 2. The van der Waals surface area contributed by atoms with Gasteiger partial charge in [-0.2, -0.15) is 41.3 Å². The second kappa shape index (κ2) is 8.81. The fourth-order valence-corrected chi connectivity index (χ4v) is 3.27. The van der Waals surface area contributed by atoms with Crippen LogP contribution in [0, 0.1) is 0 Å². The molecule has 186 valence electrons. The summed E-state index contributed by atoms with van der Waals surface area (Å²) in [5.74, 6) is -3.99. The van der Waals surface area contributed by atoms with Gasteiger partial charge >= 0.3 is 12.4 Å². The van der Waals surface area contributed by atoms with Crippen LogP contribution < -0.4 is 10.6 Å². The highest BCUT2D eigenvalue weighted by atomic mass is 19.4. The highest BCUT2D eigenvalue weighted by Gasteiger charge is 2.40. The molecule has 3 heterocycles. The van der Waals surface area contributed by atoms with Crippen molar-refractivity contribution in [2.45, 2.75) is 43.6 Å². The van der Waals surface area contributed by atoms with E-state index in [1.165, 1.54) is 6.07 Å². The molecule has 35 heavy (non-hydrogen) atoms. The predicted octanol–water partition coefficient (Wildman–Crippen LogP) is 5.10. The van der Waals surface area contributed by atoms with Gasteiger partial charge in [-0.05, 0) is 18.6 Å². The van der Waals surface area contributed by atoms with Crippen molar-refractivity contribution in [3.05, 3.63) is 42.1 Å². The van der Waals surface area contributed by atoms with E-state index in [0.29, 0.717) is 12.3 Å². The topological polar surface area (TPSA) is 101 Å². The van der Waals surface area contributed by atoms with Crippen molar-refractivity contribution in [2.75, 3.05) is 10.6 Å². The molecule has 0 aromatic carbocycles. The minimum Gasteiger partial charge on any atom is -0.351 e. The molecule has 0 amide bonds. The Morgan fingerprint density at radius 1 is 0.886 bits per heavy atom. The summed E-state index contributed by atoms with van der Waals surface area (Å²) in [6, 6.07) is 1.09. The van der Waals surface area contributed by atoms with Crippen LogP contribution in [0.3, 0.4) is 0 Å². The Kier molecular flexibility index (Phi) is 6.14. The van der Waals surface area contributed by atoms with Gasteiger partial charge in [0.15, 0.2) is 11.5 Å². The minimum atomic E-state index is -4.82. The van der Waals surface area contributed by atoms with E-state index in [1.807, 2.05) is 0 Å². The SMILES string of the molecule is FC1(F)CC[C@@H](Nc2nc(Nc3ccnc(C(F)(F)F)c3)nc(-c3cncc(C(F)(F)F)n3)n2)C1. The van der Waals surface area contributed by atoms with Gasteiger partial charge in [-0.3, -0.25) is 9.97 Å². The maximum absolute atomic E-state index is 13.6. The summed E-state index contributed by atoms with van der Waals surface area (Å²) in [7, 11) is 0. The van der Waals surface area contributed by atoms with Crippen LogP contribution in [0.15, 0.2) is 30.7 Å². The van der Waals surface area contributed by atoms with Crippen molar-refractivity contribution in [3.8, 4) is 11.5 Å². The normalized spacial score (nSPS) is 17.9. The lowest BCUT2D eigenvalue weighted by Crippen LogP contribution is -2.21. The number of pyridine rings is 1. The lowest BCUT2D eigenvalue weighted by Gasteiger charge is -2.15. The van der Waals surface area contributed by atoms with Crippen LogP contribution in [-0.2, 0) is 12.4 Å². The molecule has 1 saturated carbocycles. The van der Waals surface area contributed by atoms with Crippen molar-refractivity contribution in [3.63, 3.8) is 0 Å². The molecular weight excluding hydrogens is 492 g/mol. The van der Waals surface area contributed by atoms with Crippen molar-refractivity contribution >= 4 is 17.6 Å². The van der Waals surface area contributed by atoms with Crippen molar-refractivity contribution in [1.82, 2.24) is 29.9 Å². The van der Waals surface area contributed by atoms with Crippen LogP contribution in [0.5, 0.6) is 0 Å². The summed E-state index contributed by atoms with van der Waals surface area (Å²) >= 11 is 0. The van der Waals surface area contributed by atoms with E-state index < -0.39 is 53.6 Å². The fourth-order valence-electron chi connectivity index (χ4n) is 3.27. The van der Waals surface area contributed by atoms with Crippen LogP contribution in [-0.4, -0.2) is 41.9 Å². The average molecular weight is 506 g/mol.